The molecule has 30 heavy (non-hydrogen) atoms. The smallest absolute Gasteiger partial charge is 0.430 e. The third-order valence-corrected chi connectivity index (χ3v) is 4.71. The molecular formula is C21H15N3O5S. The molecule has 9 heteroatoms. The molecule has 0 saturated carbocycles. The van der Waals surface area contributed by atoms with Crippen molar-refractivity contribution in [3.05, 3.63) is 72.1 Å². The minimum atomic E-state index is -1.01. The number of hydrogen-bond acceptors (Lipinski definition) is 8. The van der Waals surface area contributed by atoms with E-state index in [9.17, 15) is 9.59 Å². The van der Waals surface area contributed by atoms with Crippen molar-refractivity contribution in [2.24, 2.45) is 0 Å². The summed E-state index contributed by atoms with van der Waals surface area (Å²) in [7, 11) is 1.37. The molecule has 0 aliphatic carbocycles. The van der Waals surface area contributed by atoms with Crippen LogP contribution in [0.2, 0.25) is 0 Å². The van der Waals surface area contributed by atoms with Gasteiger partial charge in [0, 0.05) is 0 Å². The lowest BCUT2D eigenvalue weighted by Crippen LogP contribution is -2.41. The standard InChI is InChI=1S/C21H15N3O5S/c1-27-18-17(23-19-16(22-18)12-13-30-19)24(20(25)28-14-8-4-2-5-9-14)21(26)29-15-10-6-3-7-11-15/h2-13H,1H3. The van der Waals surface area contributed by atoms with E-state index in [0.717, 1.165) is 0 Å². The van der Waals surface area contributed by atoms with Crippen molar-refractivity contribution < 1.29 is 23.8 Å². The molecule has 0 spiro atoms. The lowest BCUT2D eigenvalue weighted by molar-refractivity contribution is 0.190. The van der Waals surface area contributed by atoms with Crippen LogP contribution in [0.5, 0.6) is 17.4 Å². The summed E-state index contributed by atoms with van der Waals surface area (Å²) in [6.45, 7) is 0. The lowest BCUT2D eigenvalue weighted by atomic mass is 10.3. The molecule has 4 rings (SSSR count). The van der Waals surface area contributed by atoms with Gasteiger partial charge in [-0.15, -0.1) is 11.3 Å². The predicted molar refractivity (Wildman–Crippen MR) is 111 cm³/mol. The van der Waals surface area contributed by atoms with Crippen molar-refractivity contribution in [3.8, 4) is 17.4 Å². The van der Waals surface area contributed by atoms with Gasteiger partial charge in [0.05, 0.1) is 7.11 Å². The number of methoxy groups -OCH3 is 1. The van der Waals surface area contributed by atoms with Gasteiger partial charge in [0.2, 0.25) is 5.82 Å². The average molecular weight is 421 g/mol. The molecule has 0 unspecified atom stereocenters. The van der Waals surface area contributed by atoms with E-state index in [1.807, 2.05) is 0 Å². The number of imide groups is 1. The van der Waals surface area contributed by atoms with Crippen molar-refractivity contribution in [1.82, 2.24) is 9.97 Å². The van der Waals surface area contributed by atoms with Crippen molar-refractivity contribution in [2.45, 2.75) is 0 Å². The van der Waals surface area contributed by atoms with Gasteiger partial charge >= 0.3 is 12.2 Å². The van der Waals surface area contributed by atoms with Crippen LogP contribution in [-0.2, 0) is 0 Å². The van der Waals surface area contributed by atoms with E-state index in [0.29, 0.717) is 15.2 Å². The highest BCUT2D eigenvalue weighted by Gasteiger charge is 2.33. The maximum atomic E-state index is 13.0. The summed E-state index contributed by atoms with van der Waals surface area (Å²) in [5.74, 6) is 0.360. The lowest BCUT2D eigenvalue weighted by Gasteiger charge is -2.20. The Kier molecular flexibility index (Phi) is 5.53. The van der Waals surface area contributed by atoms with Gasteiger partial charge in [0.15, 0.2) is 0 Å². The largest absolute Gasteiger partial charge is 0.478 e. The second kappa shape index (κ2) is 8.58. The van der Waals surface area contributed by atoms with E-state index in [-0.39, 0.29) is 23.2 Å². The Morgan fingerprint density at radius 2 is 1.40 bits per heavy atom. The number of benzene rings is 2. The van der Waals surface area contributed by atoms with Crippen LogP contribution in [0.15, 0.2) is 72.1 Å². The Hall–Kier alpha value is -3.98. The first-order valence-corrected chi connectivity index (χ1v) is 9.67. The minimum absolute atomic E-state index is 0.0177. The van der Waals surface area contributed by atoms with Gasteiger partial charge in [-0.05, 0) is 35.7 Å². The van der Waals surface area contributed by atoms with Crippen LogP contribution >= 0.6 is 11.3 Å². The fraction of sp³-hybridized carbons (Fsp3) is 0.0476. The maximum absolute atomic E-state index is 13.0. The molecule has 150 valence electrons. The van der Waals surface area contributed by atoms with Crippen LogP contribution in [-0.4, -0.2) is 29.3 Å². The number of thiophene rings is 1. The second-order valence-electron chi connectivity index (χ2n) is 5.86. The zero-order valence-corrected chi connectivity index (χ0v) is 16.5. The first-order chi connectivity index (χ1) is 14.7. The number of aromatic nitrogens is 2. The van der Waals surface area contributed by atoms with E-state index >= 15 is 0 Å². The number of nitrogens with zero attached hydrogens (tertiary/aromatic N) is 3. The molecule has 0 aliphatic heterocycles. The Labute approximate surface area is 175 Å². The fourth-order valence-corrected chi connectivity index (χ4v) is 3.27. The zero-order valence-electron chi connectivity index (χ0n) is 15.7. The number of ether oxygens (including phenoxy) is 3. The topological polar surface area (TPSA) is 90.9 Å². The van der Waals surface area contributed by atoms with Crippen LogP contribution in [0, 0.1) is 0 Å². The first kappa shape index (κ1) is 19.3. The summed E-state index contributed by atoms with van der Waals surface area (Å²) in [6.07, 6.45) is -2.02. The van der Waals surface area contributed by atoms with E-state index < -0.39 is 12.2 Å². The van der Waals surface area contributed by atoms with Gasteiger partial charge < -0.3 is 14.2 Å². The summed E-state index contributed by atoms with van der Waals surface area (Å²) >= 11 is 1.31. The molecule has 2 heterocycles. The number of hydrogen-bond donors (Lipinski definition) is 0. The first-order valence-electron chi connectivity index (χ1n) is 8.79. The van der Waals surface area contributed by atoms with Gasteiger partial charge in [0.25, 0.3) is 5.88 Å². The van der Waals surface area contributed by atoms with Gasteiger partial charge in [0.1, 0.15) is 21.8 Å². The highest BCUT2D eigenvalue weighted by Crippen LogP contribution is 2.30. The molecule has 0 saturated heterocycles. The monoisotopic (exact) mass is 421 g/mol. The van der Waals surface area contributed by atoms with Crippen LogP contribution < -0.4 is 19.1 Å². The second-order valence-corrected chi connectivity index (χ2v) is 6.76. The summed E-state index contributed by atoms with van der Waals surface area (Å²) in [5, 5.41) is 1.79. The number of carbonyl (C=O) groups is 2. The van der Waals surface area contributed by atoms with Crippen molar-refractivity contribution in [2.75, 3.05) is 12.0 Å². The summed E-state index contributed by atoms with van der Waals surface area (Å²) < 4.78 is 16.0. The number of carbonyl (C=O) groups excluding carboxylic acids is 2. The van der Waals surface area contributed by atoms with Crippen LogP contribution in [0.4, 0.5) is 15.4 Å². The molecule has 0 aliphatic rings. The Morgan fingerprint density at radius 1 is 0.833 bits per heavy atom. The van der Waals surface area contributed by atoms with E-state index in [4.69, 9.17) is 14.2 Å². The van der Waals surface area contributed by atoms with Crippen molar-refractivity contribution >= 4 is 39.7 Å². The molecule has 0 fully saturated rings. The van der Waals surface area contributed by atoms with Gasteiger partial charge in [-0.2, -0.15) is 4.90 Å². The SMILES string of the molecule is COc1nc2ccsc2nc1N(C(=O)Oc1ccccc1)C(=O)Oc1ccccc1. The normalized spacial score (nSPS) is 10.4. The van der Waals surface area contributed by atoms with E-state index in [1.54, 1.807) is 72.1 Å². The average Bonchev–Trinajstić information content (AvgIpc) is 3.22. The molecule has 2 aromatic heterocycles. The molecule has 0 N–H and O–H groups in total. The molecule has 2 aromatic carbocycles. The van der Waals surface area contributed by atoms with E-state index in [2.05, 4.69) is 9.97 Å². The highest BCUT2D eigenvalue weighted by molar-refractivity contribution is 7.16. The Bertz CT molecular complexity index is 1130. The number of fused-ring (bicyclic) bond motifs is 1. The van der Waals surface area contributed by atoms with E-state index in [1.165, 1.54) is 18.4 Å². The Morgan fingerprint density at radius 3 is 1.93 bits per heavy atom. The van der Waals surface area contributed by atoms with Gasteiger partial charge in [-0.1, -0.05) is 36.4 Å². The van der Waals surface area contributed by atoms with Crippen molar-refractivity contribution in [3.63, 3.8) is 0 Å². The van der Waals surface area contributed by atoms with Gasteiger partial charge in [-0.3, -0.25) is 0 Å². The third-order valence-electron chi connectivity index (χ3n) is 3.91. The highest BCUT2D eigenvalue weighted by atomic mass is 32.1. The van der Waals surface area contributed by atoms with Crippen molar-refractivity contribution in [1.29, 1.82) is 0 Å². The minimum Gasteiger partial charge on any atom is -0.478 e. The molecule has 8 nitrogen and oxygen atoms in total. The van der Waals surface area contributed by atoms with Gasteiger partial charge in [-0.25, -0.2) is 19.6 Å². The number of anilines is 1. The summed E-state index contributed by atoms with van der Waals surface area (Å²) in [4.78, 5) is 35.8. The van der Waals surface area contributed by atoms with Crippen LogP contribution in [0.1, 0.15) is 0 Å². The zero-order chi connectivity index (χ0) is 20.9. The van der Waals surface area contributed by atoms with Crippen LogP contribution in [0.25, 0.3) is 10.3 Å². The molecule has 0 bridgehead atoms. The summed E-state index contributed by atoms with van der Waals surface area (Å²) in [5.41, 5.74) is 0.577. The number of rotatable bonds is 4. The molecule has 0 radical (unpaired) electrons. The molecule has 2 amide bonds. The molecule has 4 aromatic rings. The Balaban J connectivity index is 1.74. The number of amides is 2. The maximum Gasteiger partial charge on any atom is 0.430 e. The third kappa shape index (κ3) is 4.06. The summed E-state index contributed by atoms with van der Waals surface area (Å²) in [6, 6.07) is 18.5. The number of para-hydroxylation sites is 2. The molecular weight excluding hydrogens is 406 g/mol. The van der Waals surface area contributed by atoms with Crippen LogP contribution in [0.3, 0.4) is 0 Å². The molecule has 0 atom stereocenters. The predicted octanol–water partition coefficient (Wildman–Crippen LogP) is 4.90. The fourth-order valence-electron chi connectivity index (χ4n) is 2.57. The quantitative estimate of drug-likeness (QED) is 0.463.